The highest BCUT2D eigenvalue weighted by Crippen LogP contribution is 2.22. The van der Waals surface area contributed by atoms with Crippen molar-refractivity contribution in [3.05, 3.63) is 76.1 Å². The fourth-order valence-electron chi connectivity index (χ4n) is 4.05. The highest BCUT2D eigenvalue weighted by molar-refractivity contribution is 5.81. The van der Waals surface area contributed by atoms with Crippen molar-refractivity contribution in [3.63, 3.8) is 0 Å². The lowest BCUT2D eigenvalue weighted by Gasteiger charge is -2.29. The Balaban J connectivity index is 1.43. The molecule has 134 valence electrons. The normalized spacial score (nSPS) is 20.3. The molecule has 1 aliphatic heterocycles. The summed E-state index contributed by atoms with van der Waals surface area (Å²) in [5, 5.41) is 10.5. The molecule has 2 aromatic carbocycles. The number of fused-ring (bicyclic) bond motifs is 1. The van der Waals surface area contributed by atoms with E-state index in [1.807, 2.05) is 6.07 Å². The van der Waals surface area contributed by atoms with Crippen molar-refractivity contribution in [1.29, 1.82) is 0 Å². The molecule has 0 amide bonds. The molecule has 0 atom stereocenters. The van der Waals surface area contributed by atoms with Crippen molar-refractivity contribution in [2.24, 2.45) is 5.92 Å². The Labute approximate surface area is 152 Å². The number of aromatic hydroxyl groups is 1. The Morgan fingerprint density at radius 3 is 2.58 bits per heavy atom. The van der Waals surface area contributed by atoms with Gasteiger partial charge in [-0.05, 0) is 42.9 Å². The summed E-state index contributed by atoms with van der Waals surface area (Å²) in [6, 6.07) is 17.3. The Morgan fingerprint density at radius 2 is 1.81 bits per heavy atom. The maximum absolute atomic E-state index is 11.9. The fourth-order valence-corrected chi connectivity index (χ4v) is 4.05. The molecular weight excluding hydrogens is 326 g/mol. The number of quaternary nitrogens is 1. The van der Waals surface area contributed by atoms with Gasteiger partial charge < -0.3 is 14.4 Å². The van der Waals surface area contributed by atoms with Gasteiger partial charge in [-0.15, -0.1) is 0 Å². The van der Waals surface area contributed by atoms with Crippen molar-refractivity contribution in [3.8, 4) is 5.75 Å². The van der Waals surface area contributed by atoms with E-state index < -0.39 is 0 Å². The van der Waals surface area contributed by atoms with Gasteiger partial charge >= 0.3 is 5.63 Å². The number of phenolic OH excluding ortho intramolecular Hbond substituents is 1. The minimum absolute atomic E-state index is 0.117. The molecule has 1 fully saturated rings. The van der Waals surface area contributed by atoms with Crippen LogP contribution < -0.4 is 10.5 Å². The standard InChI is InChI=1S/C22H23NO3/c24-19-6-7-20-18(13-22(25)26-21(20)14-19)15-23-10-8-17(9-11-23)12-16-4-2-1-3-5-16/h1-7,13-14,17,24H,8-12,15H2/p+1. The molecule has 4 nitrogen and oxygen atoms in total. The highest BCUT2D eigenvalue weighted by Gasteiger charge is 2.23. The van der Waals surface area contributed by atoms with Crippen LogP contribution in [0, 0.1) is 5.92 Å². The summed E-state index contributed by atoms with van der Waals surface area (Å²) >= 11 is 0. The van der Waals surface area contributed by atoms with Gasteiger partial charge in [-0.25, -0.2) is 4.79 Å². The number of hydrogen-bond acceptors (Lipinski definition) is 3. The molecule has 1 aliphatic rings. The van der Waals surface area contributed by atoms with E-state index in [1.54, 1.807) is 12.1 Å². The average molecular weight is 350 g/mol. The second kappa shape index (κ2) is 7.34. The molecule has 4 rings (SSSR count). The van der Waals surface area contributed by atoms with Gasteiger partial charge in [0, 0.05) is 23.1 Å². The molecule has 0 saturated carbocycles. The van der Waals surface area contributed by atoms with Gasteiger partial charge in [-0.2, -0.15) is 0 Å². The van der Waals surface area contributed by atoms with Crippen LogP contribution in [0.3, 0.4) is 0 Å². The Kier molecular flexibility index (Phi) is 4.76. The van der Waals surface area contributed by atoms with E-state index in [-0.39, 0.29) is 11.4 Å². The van der Waals surface area contributed by atoms with Crippen LogP contribution in [0.25, 0.3) is 11.0 Å². The smallest absolute Gasteiger partial charge is 0.336 e. The van der Waals surface area contributed by atoms with Crippen LogP contribution in [0.2, 0.25) is 0 Å². The van der Waals surface area contributed by atoms with Crippen LogP contribution in [0.5, 0.6) is 5.75 Å². The van der Waals surface area contributed by atoms with E-state index in [9.17, 15) is 9.90 Å². The lowest BCUT2D eigenvalue weighted by Crippen LogP contribution is -3.11. The van der Waals surface area contributed by atoms with E-state index in [0.717, 1.165) is 42.9 Å². The van der Waals surface area contributed by atoms with Crippen LogP contribution in [0.15, 0.2) is 63.8 Å². The molecule has 3 aromatic rings. The lowest BCUT2D eigenvalue weighted by molar-refractivity contribution is -0.919. The number of benzene rings is 2. The van der Waals surface area contributed by atoms with E-state index in [1.165, 1.54) is 29.4 Å². The first-order valence-electron chi connectivity index (χ1n) is 9.30. The van der Waals surface area contributed by atoms with E-state index in [0.29, 0.717) is 5.58 Å². The van der Waals surface area contributed by atoms with Gasteiger partial charge in [0.05, 0.1) is 13.1 Å². The SMILES string of the molecule is O=c1cc(C[NH+]2CCC(Cc3ccccc3)CC2)c2ccc(O)cc2o1. The summed E-state index contributed by atoms with van der Waals surface area (Å²) in [7, 11) is 0. The predicted octanol–water partition coefficient (Wildman–Crippen LogP) is 2.54. The second-order valence-corrected chi connectivity index (χ2v) is 7.33. The molecular formula is C22H24NO3+. The molecule has 2 N–H and O–H groups in total. The number of phenols is 1. The van der Waals surface area contributed by atoms with Crippen molar-refractivity contribution < 1.29 is 14.4 Å². The number of hydrogen-bond donors (Lipinski definition) is 2. The molecule has 0 aliphatic carbocycles. The molecule has 1 aromatic heterocycles. The third-order valence-electron chi connectivity index (χ3n) is 5.43. The van der Waals surface area contributed by atoms with Gasteiger partial charge in [-0.1, -0.05) is 30.3 Å². The Hall–Kier alpha value is -2.59. The first-order valence-corrected chi connectivity index (χ1v) is 9.30. The van der Waals surface area contributed by atoms with Crippen molar-refractivity contribution >= 4 is 11.0 Å². The summed E-state index contributed by atoms with van der Waals surface area (Å²) in [6.45, 7) is 3.07. The summed E-state index contributed by atoms with van der Waals surface area (Å²) in [4.78, 5) is 13.4. The minimum Gasteiger partial charge on any atom is -0.508 e. The Morgan fingerprint density at radius 1 is 1.04 bits per heavy atom. The quantitative estimate of drug-likeness (QED) is 0.711. The van der Waals surface area contributed by atoms with E-state index in [4.69, 9.17) is 4.42 Å². The van der Waals surface area contributed by atoms with Crippen molar-refractivity contribution in [2.75, 3.05) is 13.1 Å². The van der Waals surface area contributed by atoms with Gasteiger partial charge in [0.2, 0.25) is 0 Å². The molecule has 1 saturated heterocycles. The Bertz CT molecular complexity index is 941. The van der Waals surface area contributed by atoms with Gasteiger partial charge in [-0.3, -0.25) is 0 Å². The number of likely N-dealkylation sites (tertiary alicyclic amines) is 1. The fraction of sp³-hybridized carbons (Fsp3) is 0.318. The van der Waals surface area contributed by atoms with Gasteiger partial charge in [0.15, 0.2) is 0 Å². The zero-order chi connectivity index (χ0) is 17.9. The molecule has 0 spiro atoms. The maximum Gasteiger partial charge on any atom is 0.336 e. The first-order chi connectivity index (χ1) is 12.7. The molecule has 4 heteroatoms. The topological polar surface area (TPSA) is 54.9 Å². The molecule has 0 radical (unpaired) electrons. The van der Waals surface area contributed by atoms with Crippen LogP contribution in [0.1, 0.15) is 24.0 Å². The second-order valence-electron chi connectivity index (χ2n) is 7.33. The zero-order valence-corrected chi connectivity index (χ0v) is 14.8. The van der Waals surface area contributed by atoms with Crippen molar-refractivity contribution in [2.45, 2.75) is 25.8 Å². The molecule has 0 bridgehead atoms. The molecule has 0 unspecified atom stereocenters. The summed E-state index contributed by atoms with van der Waals surface area (Å²) in [5.74, 6) is 0.863. The molecule has 2 heterocycles. The minimum atomic E-state index is -0.350. The third-order valence-corrected chi connectivity index (χ3v) is 5.43. The number of rotatable bonds is 4. The van der Waals surface area contributed by atoms with Gasteiger partial charge in [0.1, 0.15) is 17.9 Å². The number of nitrogens with one attached hydrogen (secondary N) is 1. The molecule has 26 heavy (non-hydrogen) atoms. The van der Waals surface area contributed by atoms with E-state index in [2.05, 4.69) is 30.3 Å². The maximum atomic E-state index is 11.9. The number of piperidine rings is 1. The van der Waals surface area contributed by atoms with Crippen LogP contribution in [-0.2, 0) is 13.0 Å². The first kappa shape index (κ1) is 16.9. The highest BCUT2D eigenvalue weighted by atomic mass is 16.4. The lowest BCUT2D eigenvalue weighted by atomic mass is 9.90. The third kappa shape index (κ3) is 3.81. The largest absolute Gasteiger partial charge is 0.508 e. The van der Waals surface area contributed by atoms with Crippen LogP contribution in [0.4, 0.5) is 0 Å². The van der Waals surface area contributed by atoms with Crippen LogP contribution >= 0.6 is 0 Å². The predicted molar refractivity (Wildman–Crippen MR) is 101 cm³/mol. The zero-order valence-electron chi connectivity index (χ0n) is 14.8. The van der Waals surface area contributed by atoms with Crippen molar-refractivity contribution in [1.82, 2.24) is 0 Å². The van der Waals surface area contributed by atoms with E-state index >= 15 is 0 Å². The summed E-state index contributed by atoms with van der Waals surface area (Å²) < 4.78 is 5.23. The van der Waals surface area contributed by atoms with Gasteiger partial charge in [0.25, 0.3) is 0 Å². The summed E-state index contributed by atoms with van der Waals surface area (Å²) in [6.07, 6.45) is 3.58. The average Bonchev–Trinajstić information content (AvgIpc) is 2.64. The monoisotopic (exact) mass is 350 g/mol. The summed E-state index contributed by atoms with van der Waals surface area (Å²) in [5.41, 5.74) is 2.54. The van der Waals surface area contributed by atoms with Crippen LogP contribution in [-0.4, -0.2) is 18.2 Å².